The standard InChI is InChI=1S/C10H12N2O/c11-4-3-7-6-12-10-2-1-8(13)5-9(7)10/h1-2,5-6,10,12H,3-4,11H2. The Morgan fingerprint density at radius 1 is 1.54 bits per heavy atom. The van der Waals surface area contributed by atoms with E-state index in [1.54, 1.807) is 12.2 Å². The van der Waals surface area contributed by atoms with Crippen LogP contribution in [0, 0.1) is 0 Å². The highest BCUT2D eigenvalue weighted by atomic mass is 16.1. The minimum atomic E-state index is 0.0675. The second-order valence-electron chi connectivity index (χ2n) is 3.21. The number of rotatable bonds is 2. The molecule has 0 aromatic heterocycles. The maximum Gasteiger partial charge on any atom is 0.178 e. The zero-order valence-electron chi connectivity index (χ0n) is 7.29. The molecule has 0 saturated heterocycles. The number of allylic oxidation sites excluding steroid dienone is 2. The van der Waals surface area contributed by atoms with Crippen molar-refractivity contribution in [3.05, 3.63) is 35.6 Å². The number of nitrogens with two attached hydrogens (primary N) is 1. The van der Waals surface area contributed by atoms with Crippen LogP contribution in [0.25, 0.3) is 0 Å². The fourth-order valence-electron chi connectivity index (χ4n) is 1.67. The first-order valence-corrected chi connectivity index (χ1v) is 4.40. The lowest BCUT2D eigenvalue weighted by atomic mass is 9.95. The van der Waals surface area contributed by atoms with E-state index in [-0.39, 0.29) is 11.8 Å². The van der Waals surface area contributed by atoms with E-state index < -0.39 is 0 Å². The topological polar surface area (TPSA) is 55.1 Å². The van der Waals surface area contributed by atoms with Gasteiger partial charge in [-0.25, -0.2) is 0 Å². The van der Waals surface area contributed by atoms with Crippen LogP contribution < -0.4 is 11.1 Å². The molecule has 68 valence electrons. The molecular formula is C10H12N2O. The van der Waals surface area contributed by atoms with E-state index in [4.69, 9.17) is 5.73 Å². The van der Waals surface area contributed by atoms with Crippen molar-refractivity contribution >= 4 is 5.78 Å². The van der Waals surface area contributed by atoms with Gasteiger partial charge in [0.2, 0.25) is 0 Å². The average molecular weight is 176 g/mol. The number of hydrogen-bond acceptors (Lipinski definition) is 3. The Balaban J connectivity index is 2.22. The van der Waals surface area contributed by atoms with Gasteiger partial charge in [0.1, 0.15) is 0 Å². The lowest BCUT2D eigenvalue weighted by molar-refractivity contribution is -0.110. The van der Waals surface area contributed by atoms with Crippen molar-refractivity contribution < 1.29 is 4.79 Å². The fraction of sp³-hybridized carbons (Fsp3) is 0.300. The molecule has 1 atom stereocenters. The van der Waals surface area contributed by atoms with E-state index in [0.717, 1.165) is 17.6 Å². The summed E-state index contributed by atoms with van der Waals surface area (Å²) in [6, 6.07) is 0.194. The normalized spacial score (nSPS) is 25.0. The van der Waals surface area contributed by atoms with Gasteiger partial charge in [0.25, 0.3) is 0 Å². The maximum atomic E-state index is 11.1. The number of hydrogen-bond donors (Lipinski definition) is 2. The van der Waals surface area contributed by atoms with E-state index in [0.29, 0.717) is 6.54 Å². The number of fused-ring (bicyclic) bond motifs is 1. The van der Waals surface area contributed by atoms with Crippen LogP contribution in [-0.4, -0.2) is 18.4 Å². The highest BCUT2D eigenvalue weighted by molar-refractivity contribution is 6.02. The Morgan fingerprint density at radius 2 is 2.38 bits per heavy atom. The van der Waals surface area contributed by atoms with Crippen LogP contribution in [0.5, 0.6) is 0 Å². The first kappa shape index (κ1) is 8.26. The van der Waals surface area contributed by atoms with Crippen molar-refractivity contribution in [2.45, 2.75) is 12.5 Å². The molecule has 0 aromatic rings. The Kier molecular flexibility index (Phi) is 2.02. The quantitative estimate of drug-likeness (QED) is 0.634. The molecule has 2 aliphatic rings. The van der Waals surface area contributed by atoms with Crippen LogP contribution >= 0.6 is 0 Å². The summed E-state index contributed by atoms with van der Waals surface area (Å²) in [5.41, 5.74) is 7.71. The van der Waals surface area contributed by atoms with Gasteiger partial charge in [-0.1, -0.05) is 6.08 Å². The molecule has 3 N–H and O–H groups in total. The molecular weight excluding hydrogens is 164 g/mol. The lowest BCUT2D eigenvalue weighted by Crippen LogP contribution is -2.21. The summed E-state index contributed by atoms with van der Waals surface area (Å²) in [5, 5.41) is 3.19. The van der Waals surface area contributed by atoms with E-state index in [1.807, 2.05) is 12.3 Å². The molecule has 0 fully saturated rings. The third-order valence-electron chi connectivity index (χ3n) is 2.31. The number of carbonyl (C=O) groups is 1. The summed E-state index contributed by atoms with van der Waals surface area (Å²) < 4.78 is 0. The van der Waals surface area contributed by atoms with Crippen LogP contribution in [0.3, 0.4) is 0 Å². The third-order valence-corrected chi connectivity index (χ3v) is 2.31. The van der Waals surface area contributed by atoms with Crippen molar-refractivity contribution in [2.75, 3.05) is 6.54 Å². The summed E-state index contributed by atoms with van der Waals surface area (Å²) in [7, 11) is 0. The molecule has 0 aromatic carbocycles. The Bertz CT molecular complexity index is 326. The van der Waals surface area contributed by atoms with E-state index in [2.05, 4.69) is 5.32 Å². The molecule has 1 aliphatic heterocycles. The van der Waals surface area contributed by atoms with Gasteiger partial charge in [-0.2, -0.15) is 0 Å². The fourth-order valence-corrected chi connectivity index (χ4v) is 1.67. The molecule has 1 aliphatic carbocycles. The Morgan fingerprint density at radius 3 is 3.15 bits per heavy atom. The molecule has 0 spiro atoms. The number of carbonyl (C=O) groups excluding carboxylic acids is 1. The molecule has 1 heterocycles. The van der Waals surface area contributed by atoms with Crippen LogP contribution in [-0.2, 0) is 4.79 Å². The molecule has 2 rings (SSSR count). The van der Waals surface area contributed by atoms with Crippen molar-refractivity contribution in [1.82, 2.24) is 5.32 Å². The molecule has 3 nitrogen and oxygen atoms in total. The Hall–Kier alpha value is -1.35. The largest absolute Gasteiger partial charge is 0.380 e. The van der Waals surface area contributed by atoms with Crippen molar-refractivity contribution in [3.8, 4) is 0 Å². The monoisotopic (exact) mass is 176 g/mol. The molecule has 0 bridgehead atoms. The zero-order chi connectivity index (χ0) is 9.26. The van der Waals surface area contributed by atoms with Gasteiger partial charge in [0, 0.05) is 6.20 Å². The average Bonchev–Trinajstić information content (AvgIpc) is 2.49. The van der Waals surface area contributed by atoms with Gasteiger partial charge in [0.05, 0.1) is 6.04 Å². The van der Waals surface area contributed by atoms with Crippen LogP contribution in [0.4, 0.5) is 0 Å². The molecule has 13 heavy (non-hydrogen) atoms. The molecule has 0 saturated carbocycles. The molecule has 0 radical (unpaired) electrons. The van der Waals surface area contributed by atoms with Gasteiger partial charge < -0.3 is 11.1 Å². The predicted molar refractivity (Wildman–Crippen MR) is 50.9 cm³/mol. The summed E-state index contributed by atoms with van der Waals surface area (Å²) in [5.74, 6) is 0.0675. The molecule has 1 unspecified atom stereocenters. The second kappa shape index (κ2) is 3.18. The first-order valence-electron chi connectivity index (χ1n) is 4.40. The van der Waals surface area contributed by atoms with Gasteiger partial charge in [0.15, 0.2) is 5.78 Å². The van der Waals surface area contributed by atoms with E-state index >= 15 is 0 Å². The highest BCUT2D eigenvalue weighted by Crippen LogP contribution is 2.25. The highest BCUT2D eigenvalue weighted by Gasteiger charge is 2.23. The second-order valence-corrected chi connectivity index (χ2v) is 3.21. The number of nitrogens with one attached hydrogen (secondary N) is 1. The SMILES string of the molecule is NCCC1=CNC2C=CC(=O)C=C12. The summed E-state index contributed by atoms with van der Waals surface area (Å²) in [4.78, 5) is 11.1. The summed E-state index contributed by atoms with van der Waals surface area (Å²) in [6.45, 7) is 0.621. The minimum absolute atomic E-state index is 0.0675. The zero-order valence-corrected chi connectivity index (χ0v) is 7.29. The van der Waals surface area contributed by atoms with Gasteiger partial charge in [-0.05, 0) is 36.3 Å². The minimum Gasteiger partial charge on any atom is -0.380 e. The van der Waals surface area contributed by atoms with Gasteiger partial charge >= 0.3 is 0 Å². The third kappa shape index (κ3) is 1.42. The van der Waals surface area contributed by atoms with Gasteiger partial charge in [-0.3, -0.25) is 4.79 Å². The smallest absolute Gasteiger partial charge is 0.178 e. The summed E-state index contributed by atoms with van der Waals surface area (Å²) in [6.07, 6.45) is 7.95. The van der Waals surface area contributed by atoms with Crippen molar-refractivity contribution in [3.63, 3.8) is 0 Å². The number of ketones is 1. The van der Waals surface area contributed by atoms with Crippen molar-refractivity contribution in [1.29, 1.82) is 0 Å². The van der Waals surface area contributed by atoms with E-state index in [9.17, 15) is 4.79 Å². The van der Waals surface area contributed by atoms with Crippen molar-refractivity contribution in [2.24, 2.45) is 5.73 Å². The van der Waals surface area contributed by atoms with E-state index in [1.165, 1.54) is 0 Å². The maximum absolute atomic E-state index is 11.1. The summed E-state index contributed by atoms with van der Waals surface area (Å²) >= 11 is 0. The Labute approximate surface area is 77.0 Å². The predicted octanol–water partition coefficient (Wildman–Crippen LogP) is 0.256. The molecule has 3 heteroatoms. The van der Waals surface area contributed by atoms with Crippen LogP contribution in [0.2, 0.25) is 0 Å². The van der Waals surface area contributed by atoms with Crippen LogP contribution in [0.15, 0.2) is 35.6 Å². The lowest BCUT2D eigenvalue weighted by Gasteiger charge is -2.13. The molecule has 0 amide bonds. The first-order chi connectivity index (χ1) is 6.31. The van der Waals surface area contributed by atoms with Gasteiger partial charge in [-0.15, -0.1) is 0 Å². The van der Waals surface area contributed by atoms with Crippen LogP contribution in [0.1, 0.15) is 6.42 Å².